The molecule has 0 saturated carbocycles. The van der Waals surface area contributed by atoms with Crippen LogP contribution in [0.5, 0.6) is 0 Å². The third-order valence-corrected chi connectivity index (χ3v) is 6.03. The van der Waals surface area contributed by atoms with Gasteiger partial charge in [0.05, 0.1) is 22.5 Å². The average Bonchev–Trinajstić information content (AvgIpc) is 2.76. The minimum absolute atomic E-state index is 0.221. The Bertz CT molecular complexity index is 425. The van der Waals surface area contributed by atoms with Gasteiger partial charge in [0, 0.05) is 23.9 Å². The lowest BCUT2D eigenvalue weighted by Crippen LogP contribution is -2.36. The lowest BCUT2D eigenvalue weighted by atomic mass is 9.80. The highest BCUT2D eigenvalue weighted by Gasteiger charge is 2.34. The van der Waals surface area contributed by atoms with Gasteiger partial charge in [-0.1, -0.05) is 22.9 Å². The Labute approximate surface area is 132 Å². The smallest absolute Gasteiger partial charge is 0.0766 e. The van der Waals surface area contributed by atoms with Gasteiger partial charge < -0.3 is 4.74 Å². The zero-order chi connectivity index (χ0) is 13.9. The molecule has 2 rings (SSSR count). The maximum Gasteiger partial charge on any atom is 0.0766 e. The van der Waals surface area contributed by atoms with E-state index in [1.807, 2.05) is 0 Å². The Kier molecular flexibility index (Phi) is 5.49. The summed E-state index contributed by atoms with van der Waals surface area (Å²) in [6, 6.07) is 0. The Morgan fingerprint density at radius 3 is 2.74 bits per heavy atom. The number of aromatic nitrogens is 2. The molecule has 1 atom stereocenters. The van der Waals surface area contributed by atoms with Gasteiger partial charge in [-0.2, -0.15) is 5.10 Å². The highest BCUT2D eigenvalue weighted by molar-refractivity contribution is 9.10. The van der Waals surface area contributed by atoms with Gasteiger partial charge in [0.25, 0.3) is 0 Å². The van der Waals surface area contributed by atoms with Crippen LogP contribution < -0.4 is 0 Å². The molecule has 2 heterocycles. The largest absolute Gasteiger partial charge is 0.381 e. The quantitative estimate of drug-likeness (QED) is 0.708. The topological polar surface area (TPSA) is 27.1 Å². The summed E-state index contributed by atoms with van der Waals surface area (Å²) in [5, 5.41) is 5.68. The van der Waals surface area contributed by atoms with Crippen molar-refractivity contribution in [3.05, 3.63) is 15.9 Å². The number of hydrogen-bond acceptors (Lipinski definition) is 2. The van der Waals surface area contributed by atoms with Crippen LogP contribution in [0.4, 0.5) is 0 Å². The molecular weight excluding hydrogens is 372 g/mol. The Morgan fingerprint density at radius 1 is 1.42 bits per heavy atom. The predicted molar refractivity (Wildman–Crippen MR) is 85.0 cm³/mol. The molecule has 1 aliphatic rings. The van der Waals surface area contributed by atoms with Crippen LogP contribution in [0.1, 0.15) is 38.1 Å². The van der Waals surface area contributed by atoms with Crippen molar-refractivity contribution in [2.24, 2.45) is 5.41 Å². The summed E-state index contributed by atoms with van der Waals surface area (Å²) in [5.41, 5.74) is 2.71. The van der Waals surface area contributed by atoms with E-state index in [0.717, 1.165) is 44.4 Å². The maximum absolute atomic E-state index is 5.72. The molecule has 0 N–H and O–H groups in total. The first-order chi connectivity index (χ1) is 9.15. The van der Waals surface area contributed by atoms with Crippen molar-refractivity contribution >= 4 is 31.9 Å². The summed E-state index contributed by atoms with van der Waals surface area (Å²) in [4.78, 5) is 0. The van der Waals surface area contributed by atoms with Crippen LogP contribution in [0.2, 0.25) is 0 Å². The van der Waals surface area contributed by atoms with Crippen molar-refractivity contribution in [3.8, 4) is 0 Å². The third kappa shape index (κ3) is 3.24. The van der Waals surface area contributed by atoms with Crippen LogP contribution in [0, 0.1) is 5.41 Å². The van der Waals surface area contributed by atoms with Gasteiger partial charge in [-0.15, -0.1) is 0 Å². The first-order valence-electron chi connectivity index (χ1n) is 7.03. The fraction of sp³-hybridized carbons (Fsp3) is 0.786. The first-order valence-corrected chi connectivity index (χ1v) is 8.95. The minimum Gasteiger partial charge on any atom is -0.381 e. The molecule has 108 valence electrons. The van der Waals surface area contributed by atoms with Crippen LogP contribution in [-0.4, -0.2) is 28.3 Å². The second kappa shape index (κ2) is 6.72. The van der Waals surface area contributed by atoms with Crippen molar-refractivity contribution in [3.63, 3.8) is 0 Å². The summed E-state index contributed by atoms with van der Waals surface area (Å²) >= 11 is 7.44. The van der Waals surface area contributed by atoms with Crippen molar-refractivity contribution in [2.45, 2.75) is 46.1 Å². The van der Waals surface area contributed by atoms with E-state index in [1.165, 1.54) is 22.3 Å². The summed E-state index contributed by atoms with van der Waals surface area (Å²) in [6.45, 7) is 6.98. The molecule has 1 aromatic rings. The molecule has 0 aliphatic carbocycles. The summed E-state index contributed by atoms with van der Waals surface area (Å²) < 4.78 is 9.06. The molecular formula is C14H22Br2N2O. The third-order valence-electron chi connectivity index (χ3n) is 3.92. The fourth-order valence-electron chi connectivity index (χ4n) is 2.74. The van der Waals surface area contributed by atoms with Crippen LogP contribution in [-0.2, 0) is 24.1 Å². The van der Waals surface area contributed by atoms with Crippen molar-refractivity contribution in [1.82, 2.24) is 9.78 Å². The lowest BCUT2D eigenvalue weighted by molar-refractivity contribution is 0.00511. The predicted octanol–water partition coefficient (Wildman–Crippen LogP) is 3.96. The number of ether oxygens (including phenoxy) is 1. The van der Waals surface area contributed by atoms with E-state index in [-0.39, 0.29) is 5.41 Å². The lowest BCUT2D eigenvalue weighted by Gasteiger charge is -2.35. The van der Waals surface area contributed by atoms with E-state index in [0.29, 0.717) is 0 Å². The zero-order valence-corrected chi connectivity index (χ0v) is 14.9. The standard InChI is InChI=1S/C14H22Br2N2O/c1-3-11-13(16)12(18(4-2)17-11)8-14(9-15)6-5-7-19-10-14/h3-10H2,1-2H3. The normalized spacial score (nSPS) is 23.8. The highest BCUT2D eigenvalue weighted by Crippen LogP contribution is 2.37. The maximum atomic E-state index is 5.72. The molecule has 1 aliphatic heterocycles. The van der Waals surface area contributed by atoms with Crippen molar-refractivity contribution < 1.29 is 4.74 Å². The van der Waals surface area contributed by atoms with E-state index in [1.54, 1.807) is 0 Å². The van der Waals surface area contributed by atoms with Gasteiger partial charge in [-0.3, -0.25) is 4.68 Å². The van der Waals surface area contributed by atoms with Gasteiger partial charge in [0.1, 0.15) is 0 Å². The monoisotopic (exact) mass is 392 g/mol. The molecule has 1 unspecified atom stereocenters. The van der Waals surface area contributed by atoms with Crippen molar-refractivity contribution in [1.29, 1.82) is 0 Å². The number of alkyl halides is 1. The molecule has 5 heteroatoms. The van der Waals surface area contributed by atoms with E-state index in [4.69, 9.17) is 9.84 Å². The molecule has 1 saturated heterocycles. The Balaban J connectivity index is 2.28. The number of rotatable bonds is 5. The van der Waals surface area contributed by atoms with Gasteiger partial charge in [0.15, 0.2) is 0 Å². The number of halogens is 2. The van der Waals surface area contributed by atoms with Crippen LogP contribution in [0.25, 0.3) is 0 Å². The summed E-state index contributed by atoms with van der Waals surface area (Å²) in [5.74, 6) is 0. The summed E-state index contributed by atoms with van der Waals surface area (Å²) in [6.07, 6.45) is 4.38. The molecule has 0 radical (unpaired) electrons. The molecule has 0 bridgehead atoms. The number of aryl methyl sites for hydroxylation is 2. The van der Waals surface area contributed by atoms with Gasteiger partial charge in [0.2, 0.25) is 0 Å². The van der Waals surface area contributed by atoms with E-state index in [9.17, 15) is 0 Å². The first kappa shape index (κ1) is 15.5. The fourth-order valence-corrected chi connectivity index (χ4v) is 4.09. The zero-order valence-electron chi connectivity index (χ0n) is 11.7. The molecule has 1 aromatic heterocycles. The van der Waals surface area contributed by atoms with Crippen molar-refractivity contribution in [2.75, 3.05) is 18.5 Å². The second-order valence-electron chi connectivity index (χ2n) is 5.34. The molecule has 1 fully saturated rings. The average molecular weight is 394 g/mol. The van der Waals surface area contributed by atoms with Crippen LogP contribution in [0.15, 0.2) is 4.47 Å². The van der Waals surface area contributed by atoms with Crippen LogP contribution >= 0.6 is 31.9 Å². The molecule has 3 nitrogen and oxygen atoms in total. The molecule has 0 spiro atoms. The van der Waals surface area contributed by atoms with Gasteiger partial charge >= 0.3 is 0 Å². The number of hydrogen-bond donors (Lipinski definition) is 0. The van der Waals surface area contributed by atoms with E-state index in [2.05, 4.69) is 50.4 Å². The minimum atomic E-state index is 0.221. The van der Waals surface area contributed by atoms with Gasteiger partial charge in [-0.05, 0) is 48.5 Å². The number of nitrogens with zero attached hydrogens (tertiary/aromatic N) is 2. The second-order valence-corrected chi connectivity index (χ2v) is 6.70. The Hall–Kier alpha value is 0.130. The SMILES string of the molecule is CCc1nn(CC)c(CC2(CBr)CCCOC2)c1Br. The molecule has 0 aromatic carbocycles. The summed E-state index contributed by atoms with van der Waals surface area (Å²) in [7, 11) is 0. The van der Waals surface area contributed by atoms with Crippen LogP contribution in [0.3, 0.4) is 0 Å². The Morgan fingerprint density at radius 2 is 2.21 bits per heavy atom. The van der Waals surface area contributed by atoms with Gasteiger partial charge in [-0.25, -0.2) is 0 Å². The highest BCUT2D eigenvalue weighted by atomic mass is 79.9. The molecule has 0 amide bonds. The molecule has 19 heavy (non-hydrogen) atoms. The van der Waals surface area contributed by atoms with E-state index >= 15 is 0 Å². The van der Waals surface area contributed by atoms with E-state index < -0.39 is 0 Å².